The highest BCUT2D eigenvalue weighted by Gasteiger charge is 2.69. The fourth-order valence-electron chi connectivity index (χ4n) is 6.98. The van der Waals surface area contributed by atoms with Gasteiger partial charge in [-0.1, -0.05) is 19.4 Å². The maximum Gasteiger partial charge on any atom is 0.155 e. The lowest BCUT2D eigenvalue weighted by atomic mass is 9.44. The first-order chi connectivity index (χ1) is 11.6. The van der Waals surface area contributed by atoms with Crippen molar-refractivity contribution in [2.24, 2.45) is 28.6 Å². The van der Waals surface area contributed by atoms with Gasteiger partial charge in [-0.15, -0.1) is 0 Å². The minimum absolute atomic E-state index is 0.0931. The van der Waals surface area contributed by atoms with Crippen LogP contribution in [-0.4, -0.2) is 28.1 Å². The van der Waals surface area contributed by atoms with E-state index in [9.17, 15) is 19.5 Å². The Morgan fingerprint density at radius 1 is 1.16 bits per heavy atom. The van der Waals surface area contributed by atoms with Crippen LogP contribution >= 0.6 is 0 Å². The number of Topliss-reactive ketones (excluding diaryl/α,β-unsaturated/α-hetero) is 2. The van der Waals surface area contributed by atoms with Crippen molar-refractivity contribution in [3.8, 4) is 0 Å². The smallest absolute Gasteiger partial charge is 0.155 e. The van der Waals surface area contributed by atoms with E-state index in [0.29, 0.717) is 25.7 Å². The molecule has 4 rings (SSSR count). The average molecular weight is 344 g/mol. The molecule has 0 saturated heterocycles. The predicted molar refractivity (Wildman–Crippen MR) is 92.7 cm³/mol. The molecule has 25 heavy (non-hydrogen) atoms. The van der Waals surface area contributed by atoms with Crippen LogP contribution < -0.4 is 0 Å². The summed E-state index contributed by atoms with van der Waals surface area (Å²) in [5, 5.41) is 11.8. The molecular formula is C21H28O4. The number of hydrogen-bond donors (Lipinski definition) is 1. The highest BCUT2D eigenvalue weighted by molar-refractivity contribution is 5.93. The van der Waals surface area contributed by atoms with Gasteiger partial charge in [0.05, 0.1) is 5.60 Å². The number of fused-ring (bicyclic) bond motifs is 5. The number of carbonyl (C=O) groups excluding carboxylic acids is 3. The summed E-state index contributed by atoms with van der Waals surface area (Å²) in [5.41, 5.74) is -0.789. The molecule has 0 spiro atoms. The lowest BCUT2D eigenvalue weighted by Crippen LogP contribution is -2.64. The van der Waals surface area contributed by atoms with E-state index in [0.717, 1.165) is 18.4 Å². The molecule has 3 saturated carbocycles. The first-order valence-electron chi connectivity index (χ1n) is 9.63. The second-order valence-corrected chi connectivity index (χ2v) is 9.36. The Bertz CT molecular complexity index is 707. The van der Waals surface area contributed by atoms with Gasteiger partial charge in [0.1, 0.15) is 11.6 Å². The highest BCUT2D eigenvalue weighted by atomic mass is 16.3. The molecule has 0 aliphatic heterocycles. The summed E-state index contributed by atoms with van der Waals surface area (Å²) < 4.78 is 0. The Morgan fingerprint density at radius 3 is 2.56 bits per heavy atom. The van der Waals surface area contributed by atoms with Crippen LogP contribution in [0.15, 0.2) is 11.6 Å². The van der Waals surface area contributed by atoms with Crippen molar-refractivity contribution >= 4 is 17.3 Å². The first-order valence-corrected chi connectivity index (χ1v) is 9.63. The first kappa shape index (κ1) is 17.1. The van der Waals surface area contributed by atoms with E-state index in [1.165, 1.54) is 0 Å². The Balaban J connectivity index is 1.80. The quantitative estimate of drug-likeness (QED) is 0.794. The number of carbonyl (C=O) groups is 3. The normalized spacial score (nSPS) is 49.1. The van der Waals surface area contributed by atoms with Crippen molar-refractivity contribution in [2.45, 2.75) is 71.3 Å². The van der Waals surface area contributed by atoms with E-state index in [1.807, 2.05) is 6.92 Å². The number of aliphatic hydroxyl groups is 1. The van der Waals surface area contributed by atoms with Gasteiger partial charge in [-0.05, 0) is 56.4 Å². The Morgan fingerprint density at radius 2 is 1.88 bits per heavy atom. The molecule has 0 aromatic rings. The second-order valence-electron chi connectivity index (χ2n) is 9.36. The molecule has 0 bridgehead atoms. The third kappa shape index (κ3) is 2.00. The van der Waals surface area contributed by atoms with E-state index in [1.54, 1.807) is 13.0 Å². The van der Waals surface area contributed by atoms with Crippen molar-refractivity contribution in [1.82, 2.24) is 0 Å². The third-order valence-electron chi connectivity index (χ3n) is 8.34. The Kier molecular flexibility index (Phi) is 3.51. The zero-order valence-corrected chi connectivity index (χ0v) is 15.4. The van der Waals surface area contributed by atoms with Gasteiger partial charge in [-0.2, -0.15) is 0 Å². The van der Waals surface area contributed by atoms with Crippen LogP contribution in [0.4, 0.5) is 0 Å². The van der Waals surface area contributed by atoms with Gasteiger partial charge in [0, 0.05) is 30.1 Å². The fraction of sp³-hybridized carbons (Fsp3) is 0.762. The van der Waals surface area contributed by atoms with E-state index in [4.69, 9.17) is 0 Å². The zero-order valence-electron chi connectivity index (χ0n) is 15.4. The Labute approximate surface area is 149 Å². The van der Waals surface area contributed by atoms with Gasteiger partial charge in [0.15, 0.2) is 5.78 Å². The number of rotatable bonds is 1. The van der Waals surface area contributed by atoms with Gasteiger partial charge < -0.3 is 5.11 Å². The number of allylic oxidation sites excluding steroid dienone is 1. The SMILES string of the molecule is CC(=O)[C@H]1CC[C@@]2(O)[C@@H]3CCC4=CC(=O)CC[C@]4(C)[C@H]3C(=O)C[C@]12C. The van der Waals surface area contributed by atoms with Crippen molar-refractivity contribution in [2.75, 3.05) is 0 Å². The summed E-state index contributed by atoms with van der Waals surface area (Å²) in [6, 6.07) is 0. The van der Waals surface area contributed by atoms with Gasteiger partial charge >= 0.3 is 0 Å². The largest absolute Gasteiger partial charge is 0.389 e. The molecule has 4 aliphatic rings. The molecule has 6 atom stereocenters. The van der Waals surface area contributed by atoms with Gasteiger partial charge in [-0.25, -0.2) is 0 Å². The van der Waals surface area contributed by atoms with Crippen LogP contribution in [0.5, 0.6) is 0 Å². The van der Waals surface area contributed by atoms with Crippen molar-refractivity contribution in [3.63, 3.8) is 0 Å². The second kappa shape index (κ2) is 5.12. The molecule has 0 amide bonds. The topological polar surface area (TPSA) is 71.4 Å². The van der Waals surface area contributed by atoms with Crippen LogP contribution in [0.25, 0.3) is 0 Å². The summed E-state index contributed by atoms with van der Waals surface area (Å²) >= 11 is 0. The Hall–Kier alpha value is -1.29. The average Bonchev–Trinajstić information content (AvgIpc) is 2.79. The van der Waals surface area contributed by atoms with E-state index >= 15 is 0 Å². The molecule has 4 aliphatic carbocycles. The number of hydrogen-bond acceptors (Lipinski definition) is 4. The van der Waals surface area contributed by atoms with Gasteiger partial charge in [0.25, 0.3) is 0 Å². The van der Waals surface area contributed by atoms with Gasteiger partial charge in [-0.3, -0.25) is 14.4 Å². The summed E-state index contributed by atoms with van der Waals surface area (Å²) in [7, 11) is 0. The van der Waals surface area contributed by atoms with Crippen molar-refractivity contribution in [1.29, 1.82) is 0 Å². The van der Waals surface area contributed by atoms with E-state index in [2.05, 4.69) is 6.92 Å². The molecule has 0 unspecified atom stereocenters. The monoisotopic (exact) mass is 344 g/mol. The molecule has 4 nitrogen and oxygen atoms in total. The molecule has 4 heteroatoms. The predicted octanol–water partition coefficient (Wildman–Crippen LogP) is 3.02. The molecule has 0 aromatic carbocycles. The van der Waals surface area contributed by atoms with Crippen LogP contribution in [0, 0.1) is 28.6 Å². The molecule has 136 valence electrons. The zero-order chi connectivity index (χ0) is 18.2. The summed E-state index contributed by atoms with van der Waals surface area (Å²) in [6.07, 6.45) is 6.04. The van der Waals surface area contributed by atoms with Gasteiger partial charge in [0.2, 0.25) is 0 Å². The van der Waals surface area contributed by atoms with Crippen LogP contribution in [-0.2, 0) is 14.4 Å². The molecule has 0 radical (unpaired) electrons. The lowest BCUT2D eigenvalue weighted by molar-refractivity contribution is -0.189. The number of ketones is 3. The third-order valence-corrected chi connectivity index (χ3v) is 8.34. The molecule has 0 aromatic heterocycles. The van der Waals surface area contributed by atoms with Crippen molar-refractivity contribution < 1.29 is 19.5 Å². The summed E-state index contributed by atoms with van der Waals surface area (Å²) in [6.45, 7) is 5.66. The minimum Gasteiger partial charge on any atom is -0.389 e. The minimum atomic E-state index is -0.947. The molecule has 3 fully saturated rings. The lowest BCUT2D eigenvalue weighted by Gasteiger charge is -2.60. The molecule has 1 N–H and O–H groups in total. The van der Waals surface area contributed by atoms with Crippen LogP contribution in [0.3, 0.4) is 0 Å². The standard InChI is InChI=1S/C21H28O4/c1-12(22)15-7-9-21(25)16-5-4-13-10-14(23)6-8-19(13,2)18(16)17(24)11-20(15,21)3/h10,15-16,18,25H,4-9,11H2,1-3H3/t15-,16-,18-,19+,20-,21-/m1/s1. The van der Waals surface area contributed by atoms with Crippen LogP contribution in [0.2, 0.25) is 0 Å². The molecular weight excluding hydrogens is 316 g/mol. The molecule has 0 heterocycles. The maximum absolute atomic E-state index is 13.3. The van der Waals surface area contributed by atoms with E-state index < -0.39 is 11.0 Å². The van der Waals surface area contributed by atoms with E-state index in [-0.39, 0.29) is 46.9 Å². The summed E-state index contributed by atoms with van der Waals surface area (Å²) in [5.74, 6) is -0.0959. The fourth-order valence-corrected chi connectivity index (χ4v) is 6.98. The highest BCUT2D eigenvalue weighted by Crippen LogP contribution is 2.67. The maximum atomic E-state index is 13.3. The van der Waals surface area contributed by atoms with Crippen LogP contribution in [0.1, 0.15) is 65.7 Å². The summed E-state index contributed by atoms with van der Waals surface area (Å²) in [4.78, 5) is 37.3. The van der Waals surface area contributed by atoms with Crippen molar-refractivity contribution in [3.05, 3.63) is 11.6 Å².